The van der Waals surface area contributed by atoms with Gasteiger partial charge in [0.15, 0.2) is 0 Å². The van der Waals surface area contributed by atoms with Gasteiger partial charge in [0.2, 0.25) is 0 Å². The molecule has 108 valence electrons. The lowest BCUT2D eigenvalue weighted by Crippen LogP contribution is -2.54. The highest BCUT2D eigenvalue weighted by Crippen LogP contribution is 2.26. The van der Waals surface area contributed by atoms with Crippen LogP contribution in [0.3, 0.4) is 0 Å². The van der Waals surface area contributed by atoms with Crippen molar-refractivity contribution < 1.29 is 18.3 Å². The van der Waals surface area contributed by atoms with Gasteiger partial charge in [0.05, 0.1) is 13.2 Å². The molecule has 1 saturated heterocycles. The minimum absolute atomic E-state index is 0.113. The largest absolute Gasteiger partial charge is 0.393 e. The van der Waals surface area contributed by atoms with E-state index in [2.05, 4.69) is 13.8 Å². The van der Waals surface area contributed by atoms with E-state index in [4.69, 9.17) is 18.3 Å². The molecule has 0 N–H and O–H groups in total. The molecular formula is C13H28O4Si. The van der Waals surface area contributed by atoms with Gasteiger partial charge in [-0.05, 0) is 26.3 Å². The first-order valence-corrected chi connectivity index (χ1v) is 9.33. The van der Waals surface area contributed by atoms with E-state index in [-0.39, 0.29) is 5.73 Å². The van der Waals surface area contributed by atoms with Crippen molar-refractivity contribution in [1.82, 2.24) is 0 Å². The van der Waals surface area contributed by atoms with Crippen LogP contribution in [-0.4, -0.2) is 46.8 Å². The van der Waals surface area contributed by atoms with Crippen LogP contribution in [-0.2, 0) is 18.3 Å². The average Bonchev–Trinajstić information content (AvgIpc) is 3.15. The Morgan fingerprint density at radius 2 is 1.78 bits per heavy atom. The van der Waals surface area contributed by atoms with Gasteiger partial charge in [0, 0.05) is 13.2 Å². The molecule has 1 aliphatic rings. The van der Waals surface area contributed by atoms with E-state index in [9.17, 15) is 0 Å². The summed E-state index contributed by atoms with van der Waals surface area (Å²) in [6.07, 6.45) is 2.32. The molecule has 0 aromatic rings. The Kier molecular flexibility index (Phi) is 7.40. The van der Waals surface area contributed by atoms with Gasteiger partial charge in [-0.2, -0.15) is 0 Å². The molecule has 0 saturated carbocycles. The first kappa shape index (κ1) is 16.1. The molecule has 1 aliphatic heterocycles. The van der Waals surface area contributed by atoms with E-state index in [1.165, 1.54) is 0 Å². The van der Waals surface area contributed by atoms with Crippen LogP contribution in [0, 0.1) is 0 Å². The minimum atomic E-state index is -2.24. The number of epoxide rings is 1. The molecule has 0 amide bonds. The van der Waals surface area contributed by atoms with Crippen molar-refractivity contribution in [3.63, 3.8) is 0 Å². The second kappa shape index (κ2) is 8.27. The Bertz CT molecular complexity index is 204. The van der Waals surface area contributed by atoms with Crippen LogP contribution in [0.25, 0.3) is 0 Å². The van der Waals surface area contributed by atoms with Crippen LogP contribution >= 0.6 is 0 Å². The average molecular weight is 276 g/mol. The van der Waals surface area contributed by atoms with Gasteiger partial charge >= 0.3 is 8.56 Å². The molecule has 2 atom stereocenters. The van der Waals surface area contributed by atoms with Gasteiger partial charge in [0.1, 0.15) is 11.8 Å². The van der Waals surface area contributed by atoms with Crippen molar-refractivity contribution in [1.29, 1.82) is 0 Å². The zero-order valence-corrected chi connectivity index (χ0v) is 13.2. The maximum atomic E-state index is 6.07. The van der Waals surface area contributed by atoms with Crippen molar-refractivity contribution in [3.05, 3.63) is 0 Å². The topological polar surface area (TPSA) is 40.2 Å². The molecule has 0 radical (unpaired) electrons. The third kappa shape index (κ3) is 4.62. The number of rotatable bonds is 11. The van der Waals surface area contributed by atoms with Gasteiger partial charge in [-0.15, -0.1) is 0 Å². The van der Waals surface area contributed by atoms with Crippen LogP contribution in [0.15, 0.2) is 0 Å². The maximum Gasteiger partial charge on any atom is 0.368 e. The molecule has 2 unspecified atom stereocenters. The molecule has 18 heavy (non-hydrogen) atoms. The molecule has 1 rings (SSSR count). The summed E-state index contributed by atoms with van der Waals surface area (Å²) < 4.78 is 23.4. The number of ether oxygens (including phenoxy) is 2. The summed E-state index contributed by atoms with van der Waals surface area (Å²) in [6.45, 7) is 11.3. The highest BCUT2D eigenvalue weighted by Gasteiger charge is 2.45. The van der Waals surface area contributed by atoms with E-state index >= 15 is 0 Å². The van der Waals surface area contributed by atoms with Crippen molar-refractivity contribution in [3.8, 4) is 0 Å². The van der Waals surface area contributed by atoms with Gasteiger partial charge in [0.25, 0.3) is 0 Å². The Hall–Kier alpha value is 0.0569. The predicted molar refractivity (Wildman–Crippen MR) is 73.9 cm³/mol. The zero-order chi connectivity index (χ0) is 13.4. The second-order valence-corrected chi connectivity index (χ2v) is 7.96. The molecular weight excluding hydrogens is 248 g/mol. The van der Waals surface area contributed by atoms with Crippen LogP contribution in [0.4, 0.5) is 0 Å². The first-order valence-electron chi connectivity index (χ1n) is 7.23. The van der Waals surface area contributed by atoms with Crippen molar-refractivity contribution >= 4 is 8.56 Å². The lowest BCUT2D eigenvalue weighted by Gasteiger charge is -2.36. The van der Waals surface area contributed by atoms with E-state index < -0.39 is 8.56 Å². The van der Waals surface area contributed by atoms with E-state index in [0.717, 1.165) is 25.5 Å². The lowest BCUT2D eigenvalue weighted by molar-refractivity contribution is 0.0362. The Morgan fingerprint density at radius 1 is 1.17 bits per heavy atom. The summed E-state index contributed by atoms with van der Waals surface area (Å²) in [4.78, 5) is 0. The minimum Gasteiger partial charge on any atom is -0.393 e. The predicted octanol–water partition coefficient (Wildman–Crippen LogP) is 2.64. The third-order valence-electron chi connectivity index (χ3n) is 3.12. The number of hydrogen-bond donors (Lipinski definition) is 0. The fourth-order valence-electron chi connectivity index (χ4n) is 2.31. The molecule has 5 heteroatoms. The van der Waals surface area contributed by atoms with Gasteiger partial charge in [-0.3, -0.25) is 0 Å². The van der Waals surface area contributed by atoms with E-state index in [1.54, 1.807) is 0 Å². The fourth-order valence-corrected chi connectivity index (χ4v) is 6.03. The Labute approximate surface area is 112 Å². The van der Waals surface area contributed by atoms with Crippen molar-refractivity contribution in [2.24, 2.45) is 0 Å². The fraction of sp³-hybridized carbons (Fsp3) is 1.00. The monoisotopic (exact) mass is 276 g/mol. The van der Waals surface area contributed by atoms with Gasteiger partial charge < -0.3 is 18.3 Å². The quantitative estimate of drug-likeness (QED) is 0.430. The number of hydrogen-bond acceptors (Lipinski definition) is 4. The molecule has 1 heterocycles. The molecule has 0 aliphatic carbocycles. The summed E-state index contributed by atoms with van der Waals surface area (Å²) in [5.74, 6) is 0. The van der Waals surface area contributed by atoms with Crippen LogP contribution in [0.5, 0.6) is 0 Å². The van der Waals surface area contributed by atoms with Crippen LogP contribution < -0.4 is 0 Å². The second-order valence-electron chi connectivity index (χ2n) is 4.61. The first-order chi connectivity index (χ1) is 8.72. The molecule has 0 bridgehead atoms. The SMILES string of the molecule is CCC[Si](OCC)(OCC)C(CC)OCC1CO1. The molecule has 1 fully saturated rings. The maximum absolute atomic E-state index is 6.07. The zero-order valence-electron chi connectivity index (χ0n) is 12.2. The molecule has 0 aromatic carbocycles. The van der Waals surface area contributed by atoms with Crippen molar-refractivity contribution in [2.75, 3.05) is 26.4 Å². The molecule has 4 nitrogen and oxygen atoms in total. The Balaban J connectivity index is 2.65. The molecule has 0 spiro atoms. The van der Waals surface area contributed by atoms with Gasteiger partial charge in [-0.1, -0.05) is 20.3 Å². The Morgan fingerprint density at radius 3 is 2.17 bits per heavy atom. The standard InChI is InChI=1S/C13H28O4Si/c1-5-9-18(16-7-3,17-8-4)13(6-2)15-11-12-10-14-12/h12-13H,5-11H2,1-4H3. The van der Waals surface area contributed by atoms with Gasteiger partial charge in [-0.25, -0.2) is 0 Å². The highest BCUT2D eigenvalue weighted by atomic mass is 28.4. The summed E-state index contributed by atoms with van der Waals surface area (Å²) in [7, 11) is -2.24. The summed E-state index contributed by atoms with van der Waals surface area (Å²) in [5.41, 5.74) is 0.113. The van der Waals surface area contributed by atoms with Crippen molar-refractivity contribution in [2.45, 2.75) is 58.4 Å². The summed E-state index contributed by atoms with van der Waals surface area (Å²) in [5, 5.41) is 0. The highest BCUT2D eigenvalue weighted by molar-refractivity contribution is 6.68. The van der Waals surface area contributed by atoms with Crippen LogP contribution in [0.2, 0.25) is 6.04 Å². The normalized spacial score (nSPS) is 21.0. The smallest absolute Gasteiger partial charge is 0.368 e. The van der Waals surface area contributed by atoms with E-state index in [1.807, 2.05) is 13.8 Å². The lowest BCUT2D eigenvalue weighted by atomic mass is 10.5. The summed E-state index contributed by atoms with van der Waals surface area (Å²) in [6, 6.07) is 0.999. The molecule has 0 aromatic heterocycles. The van der Waals surface area contributed by atoms with E-state index in [0.29, 0.717) is 25.9 Å². The van der Waals surface area contributed by atoms with Crippen LogP contribution in [0.1, 0.15) is 40.5 Å². The summed E-state index contributed by atoms with van der Waals surface area (Å²) >= 11 is 0. The third-order valence-corrected chi connectivity index (χ3v) is 7.43.